The van der Waals surface area contributed by atoms with Crippen LogP contribution < -0.4 is 15.4 Å². The zero-order valence-corrected chi connectivity index (χ0v) is 19.9. The van der Waals surface area contributed by atoms with Gasteiger partial charge in [0.05, 0.1) is 19.9 Å². The number of amides is 1. The summed E-state index contributed by atoms with van der Waals surface area (Å²) in [5, 5.41) is 4.24. The monoisotopic (exact) mass is 478 g/mol. The Morgan fingerprint density at radius 2 is 1.89 bits per heavy atom. The lowest BCUT2D eigenvalue weighted by molar-refractivity contribution is 0.0683. The maximum absolute atomic E-state index is 13.2. The molecular formula is C25H30N6O4. The Morgan fingerprint density at radius 1 is 1.11 bits per heavy atom. The van der Waals surface area contributed by atoms with Gasteiger partial charge in [0.2, 0.25) is 5.91 Å². The molecule has 5 rings (SSSR count). The molecule has 0 bridgehead atoms. The van der Waals surface area contributed by atoms with E-state index in [-0.39, 0.29) is 29.7 Å². The van der Waals surface area contributed by atoms with E-state index in [2.05, 4.69) is 27.0 Å². The molecule has 0 radical (unpaired) electrons. The number of fused-ring (bicyclic) bond motifs is 1. The van der Waals surface area contributed by atoms with Crippen molar-refractivity contribution in [2.75, 3.05) is 57.0 Å². The number of nitrogens with two attached hydrogens (primary N) is 1. The van der Waals surface area contributed by atoms with Crippen molar-refractivity contribution in [3.8, 4) is 5.75 Å². The molecule has 10 nitrogen and oxygen atoms in total. The minimum absolute atomic E-state index is 0.219. The van der Waals surface area contributed by atoms with Crippen LogP contribution in [-0.4, -0.2) is 77.8 Å². The number of aromatic nitrogens is 2. The normalized spacial score (nSPS) is 16.4. The van der Waals surface area contributed by atoms with Crippen LogP contribution in [0.2, 0.25) is 0 Å². The number of ether oxygens (including phenoxy) is 1. The topological polar surface area (TPSA) is 110 Å². The summed E-state index contributed by atoms with van der Waals surface area (Å²) in [5.41, 5.74) is 8.18. The molecule has 1 aromatic carbocycles. The molecule has 1 fully saturated rings. The van der Waals surface area contributed by atoms with Crippen LogP contribution >= 0.6 is 0 Å². The van der Waals surface area contributed by atoms with Gasteiger partial charge < -0.3 is 24.7 Å². The highest BCUT2D eigenvalue weighted by atomic mass is 16.5. The van der Waals surface area contributed by atoms with Gasteiger partial charge in [-0.05, 0) is 42.8 Å². The molecule has 1 amide bonds. The highest BCUT2D eigenvalue weighted by Crippen LogP contribution is 2.26. The number of rotatable bonds is 7. The summed E-state index contributed by atoms with van der Waals surface area (Å²) < 4.78 is 11.8. The fourth-order valence-corrected chi connectivity index (χ4v) is 4.74. The molecule has 4 heterocycles. The van der Waals surface area contributed by atoms with Crippen LogP contribution in [0.4, 0.5) is 11.5 Å². The van der Waals surface area contributed by atoms with Crippen LogP contribution in [0.3, 0.4) is 0 Å². The number of methoxy groups -OCH3 is 1. The van der Waals surface area contributed by atoms with E-state index in [9.17, 15) is 9.59 Å². The number of anilines is 2. The summed E-state index contributed by atoms with van der Waals surface area (Å²) in [6, 6.07) is 11.7. The minimum Gasteiger partial charge on any atom is -0.497 e. The van der Waals surface area contributed by atoms with E-state index in [4.69, 9.17) is 14.9 Å². The highest BCUT2D eigenvalue weighted by molar-refractivity contribution is 6.00. The molecule has 35 heavy (non-hydrogen) atoms. The van der Waals surface area contributed by atoms with Crippen molar-refractivity contribution in [1.29, 1.82) is 0 Å². The SMILES string of the molecule is COc1ccc(N2CCN(CCC(=O)n3nc(N)c4c3C(=O)N(Cc3ccco3)CC4)CC2)cc1. The van der Waals surface area contributed by atoms with Crippen molar-refractivity contribution in [2.45, 2.75) is 19.4 Å². The van der Waals surface area contributed by atoms with E-state index in [0.717, 1.165) is 37.6 Å². The van der Waals surface area contributed by atoms with E-state index in [0.29, 0.717) is 37.4 Å². The van der Waals surface area contributed by atoms with Crippen LogP contribution in [0.5, 0.6) is 5.75 Å². The Labute approximate surface area is 203 Å². The third-order valence-electron chi connectivity index (χ3n) is 6.75. The van der Waals surface area contributed by atoms with Crippen molar-refractivity contribution in [3.05, 3.63) is 59.7 Å². The van der Waals surface area contributed by atoms with Gasteiger partial charge in [-0.15, -0.1) is 5.10 Å². The largest absolute Gasteiger partial charge is 0.497 e. The molecule has 3 aromatic rings. The predicted octanol–water partition coefficient (Wildman–Crippen LogP) is 2.12. The average molecular weight is 479 g/mol. The summed E-state index contributed by atoms with van der Waals surface area (Å²) in [6.45, 7) is 4.94. The quantitative estimate of drug-likeness (QED) is 0.550. The summed E-state index contributed by atoms with van der Waals surface area (Å²) in [7, 11) is 1.66. The number of hydrogen-bond acceptors (Lipinski definition) is 8. The molecule has 0 unspecified atom stereocenters. The lowest BCUT2D eigenvalue weighted by Crippen LogP contribution is -2.47. The molecule has 2 N–H and O–H groups in total. The zero-order valence-electron chi connectivity index (χ0n) is 19.9. The average Bonchev–Trinajstić information content (AvgIpc) is 3.52. The van der Waals surface area contributed by atoms with Crippen LogP contribution in [0.1, 0.15) is 33.0 Å². The summed E-state index contributed by atoms with van der Waals surface area (Å²) >= 11 is 0. The second-order valence-corrected chi connectivity index (χ2v) is 8.85. The Kier molecular flexibility index (Phi) is 6.45. The van der Waals surface area contributed by atoms with Crippen LogP contribution in [0.25, 0.3) is 0 Å². The van der Waals surface area contributed by atoms with E-state index in [1.165, 1.54) is 4.68 Å². The van der Waals surface area contributed by atoms with E-state index in [1.54, 1.807) is 24.3 Å². The smallest absolute Gasteiger partial charge is 0.273 e. The molecule has 0 atom stereocenters. The molecule has 2 aliphatic rings. The van der Waals surface area contributed by atoms with Crippen LogP contribution in [-0.2, 0) is 13.0 Å². The van der Waals surface area contributed by atoms with Crippen molar-refractivity contribution in [2.24, 2.45) is 0 Å². The first-order chi connectivity index (χ1) is 17.0. The van der Waals surface area contributed by atoms with Gasteiger partial charge in [-0.2, -0.15) is 4.68 Å². The van der Waals surface area contributed by atoms with Crippen molar-refractivity contribution in [1.82, 2.24) is 19.6 Å². The van der Waals surface area contributed by atoms with E-state index >= 15 is 0 Å². The molecule has 0 saturated carbocycles. The molecule has 2 aliphatic heterocycles. The Morgan fingerprint density at radius 3 is 2.57 bits per heavy atom. The molecule has 10 heteroatoms. The first-order valence-corrected chi connectivity index (χ1v) is 11.9. The van der Waals surface area contributed by atoms with Gasteiger partial charge in [0.1, 0.15) is 23.0 Å². The number of furan rings is 1. The first-order valence-electron chi connectivity index (χ1n) is 11.9. The van der Waals surface area contributed by atoms with Crippen LogP contribution in [0.15, 0.2) is 47.1 Å². The number of nitrogen functional groups attached to an aromatic ring is 1. The van der Waals surface area contributed by atoms with Gasteiger partial charge in [0.15, 0.2) is 0 Å². The molecule has 184 valence electrons. The van der Waals surface area contributed by atoms with Crippen molar-refractivity contribution >= 4 is 23.3 Å². The number of hydrogen-bond donors (Lipinski definition) is 1. The lowest BCUT2D eigenvalue weighted by Gasteiger charge is -2.36. The zero-order chi connectivity index (χ0) is 24.4. The maximum Gasteiger partial charge on any atom is 0.273 e. The number of piperazine rings is 1. The van der Waals surface area contributed by atoms with Crippen LogP contribution in [0, 0.1) is 0 Å². The minimum atomic E-state index is -0.242. The van der Waals surface area contributed by atoms with Gasteiger partial charge in [0, 0.05) is 56.9 Å². The summed E-state index contributed by atoms with van der Waals surface area (Å²) in [4.78, 5) is 32.6. The van der Waals surface area contributed by atoms with Gasteiger partial charge in [-0.25, -0.2) is 0 Å². The number of nitrogens with zero attached hydrogens (tertiary/aromatic N) is 5. The Hall–Kier alpha value is -3.79. The van der Waals surface area contributed by atoms with E-state index in [1.807, 2.05) is 18.2 Å². The Bertz CT molecular complexity index is 1180. The molecule has 0 spiro atoms. The fourth-order valence-electron chi connectivity index (χ4n) is 4.74. The Balaban J connectivity index is 1.18. The number of carbonyl (C=O) groups is 2. The number of benzene rings is 1. The second kappa shape index (κ2) is 9.83. The standard InChI is InChI=1S/C25H30N6O4/c1-34-19-6-4-18(5-7-19)29-14-12-28(13-15-29)10-9-22(32)31-23-21(24(26)27-31)8-11-30(25(23)33)17-20-3-2-16-35-20/h2-7,16H,8-15,17H2,1H3,(H2,26,27). The predicted molar refractivity (Wildman–Crippen MR) is 131 cm³/mol. The summed E-state index contributed by atoms with van der Waals surface area (Å²) in [6.07, 6.45) is 2.41. The van der Waals surface area contributed by atoms with E-state index < -0.39 is 0 Å². The molecule has 1 saturated heterocycles. The second-order valence-electron chi connectivity index (χ2n) is 8.85. The maximum atomic E-state index is 13.2. The fraction of sp³-hybridized carbons (Fsp3) is 0.400. The van der Waals surface area contributed by atoms with Crippen molar-refractivity contribution in [3.63, 3.8) is 0 Å². The van der Waals surface area contributed by atoms with Gasteiger partial charge in [-0.1, -0.05) is 0 Å². The molecule has 0 aliphatic carbocycles. The van der Waals surface area contributed by atoms with Gasteiger partial charge in [0.25, 0.3) is 5.91 Å². The first kappa shape index (κ1) is 23.0. The molecular weight excluding hydrogens is 448 g/mol. The molecule has 2 aromatic heterocycles. The third-order valence-corrected chi connectivity index (χ3v) is 6.75. The number of carbonyl (C=O) groups excluding carboxylic acids is 2. The third kappa shape index (κ3) is 4.74. The highest BCUT2D eigenvalue weighted by Gasteiger charge is 2.33. The van der Waals surface area contributed by atoms with Crippen molar-refractivity contribution < 1.29 is 18.7 Å². The summed E-state index contributed by atoms with van der Waals surface area (Å²) in [5.74, 6) is 1.33. The van der Waals surface area contributed by atoms with Gasteiger partial charge in [-0.3, -0.25) is 14.5 Å². The van der Waals surface area contributed by atoms with Gasteiger partial charge >= 0.3 is 0 Å². The lowest BCUT2D eigenvalue weighted by atomic mass is 10.1.